The summed E-state index contributed by atoms with van der Waals surface area (Å²) >= 11 is 0. The largest absolute Gasteiger partial charge is 0.385 e. The number of rotatable bonds is 7. The molecule has 1 spiro atoms. The number of nitrogens with one attached hydrogen (secondary N) is 1. The van der Waals surface area contributed by atoms with Crippen molar-refractivity contribution in [2.75, 3.05) is 40.0 Å². The fourth-order valence-corrected chi connectivity index (χ4v) is 4.40. The van der Waals surface area contributed by atoms with Crippen LogP contribution in [-0.2, 0) is 15.9 Å². The van der Waals surface area contributed by atoms with Crippen LogP contribution in [0.5, 0.6) is 0 Å². The summed E-state index contributed by atoms with van der Waals surface area (Å²) < 4.78 is 16.7. The van der Waals surface area contributed by atoms with Gasteiger partial charge in [0.1, 0.15) is 0 Å². The molecule has 156 valence electrons. The van der Waals surface area contributed by atoms with Gasteiger partial charge >= 0.3 is 6.03 Å². The monoisotopic (exact) mass is 392 g/mol. The van der Waals surface area contributed by atoms with E-state index in [4.69, 9.17) is 14.0 Å². The molecule has 8 nitrogen and oxygen atoms in total. The number of nitrogens with zero attached hydrogens (tertiary/aromatic N) is 3. The molecular weight excluding hydrogens is 360 g/mol. The maximum absolute atomic E-state index is 12.3. The minimum atomic E-state index is -0.0984. The Morgan fingerprint density at radius 3 is 2.89 bits per heavy atom. The molecule has 1 aromatic heterocycles. The van der Waals surface area contributed by atoms with Gasteiger partial charge < -0.3 is 24.2 Å². The van der Waals surface area contributed by atoms with Gasteiger partial charge in [-0.3, -0.25) is 0 Å². The summed E-state index contributed by atoms with van der Waals surface area (Å²) in [7, 11) is 1.67. The van der Waals surface area contributed by atoms with Crippen molar-refractivity contribution >= 4 is 6.03 Å². The minimum Gasteiger partial charge on any atom is -0.385 e. The first-order valence-electron chi connectivity index (χ1n) is 10.7. The molecule has 0 radical (unpaired) electrons. The van der Waals surface area contributed by atoms with Gasteiger partial charge in [0.2, 0.25) is 5.89 Å². The molecule has 1 unspecified atom stereocenters. The van der Waals surface area contributed by atoms with Crippen LogP contribution in [0.4, 0.5) is 4.79 Å². The summed E-state index contributed by atoms with van der Waals surface area (Å²) in [4.78, 5) is 18.8. The van der Waals surface area contributed by atoms with Crippen LogP contribution in [0.3, 0.4) is 0 Å². The maximum Gasteiger partial charge on any atom is 0.317 e. The van der Waals surface area contributed by atoms with Gasteiger partial charge in [-0.05, 0) is 50.9 Å². The number of amides is 2. The first-order chi connectivity index (χ1) is 13.7. The lowest BCUT2D eigenvalue weighted by atomic mass is 9.78. The Hall–Kier alpha value is -1.67. The zero-order valence-electron chi connectivity index (χ0n) is 16.8. The van der Waals surface area contributed by atoms with Crippen LogP contribution in [0.25, 0.3) is 0 Å². The zero-order chi connectivity index (χ0) is 19.4. The average Bonchev–Trinajstić information content (AvgIpc) is 3.45. The molecule has 2 saturated heterocycles. The van der Waals surface area contributed by atoms with Crippen molar-refractivity contribution in [3.63, 3.8) is 0 Å². The molecule has 2 amide bonds. The predicted octanol–water partition coefficient (Wildman–Crippen LogP) is 2.50. The smallest absolute Gasteiger partial charge is 0.317 e. The Morgan fingerprint density at radius 1 is 1.32 bits per heavy atom. The molecule has 3 heterocycles. The Labute approximate surface area is 166 Å². The quantitative estimate of drug-likeness (QED) is 0.717. The highest BCUT2D eigenvalue weighted by Crippen LogP contribution is 2.40. The third-order valence-corrected chi connectivity index (χ3v) is 6.24. The fraction of sp³-hybridized carbons (Fsp3) is 0.850. The van der Waals surface area contributed by atoms with Crippen molar-refractivity contribution in [2.45, 2.75) is 62.9 Å². The highest BCUT2D eigenvalue weighted by molar-refractivity contribution is 5.74. The van der Waals surface area contributed by atoms with Gasteiger partial charge in [-0.25, -0.2) is 4.79 Å². The van der Waals surface area contributed by atoms with Crippen molar-refractivity contribution in [1.29, 1.82) is 0 Å². The molecule has 8 heteroatoms. The lowest BCUT2D eigenvalue weighted by Gasteiger charge is -2.46. The maximum atomic E-state index is 12.3. The summed E-state index contributed by atoms with van der Waals surface area (Å²) in [5.74, 6) is 2.69. The molecule has 1 aliphatic carbocycles. The van der Waals surface area contributed by atoms with Gasteiger partial charge in [-0.1, -0.05) is 5.16 Å². The van der Waals surface area contributed by atoms with E-state index in [1.54, 1.807) is 7.11 Å². The topological polar surface area (TPSA) is 89.7 Å². The van der Waals surface area contributed by atoms with Crippen molar-refractivity contribution in [3.05, 3.63) is 11.7 Å². The second-order valence-electron chi connectivity index (χ2n) is 8.48. The van der Waals surface area contributed by atoms with Gasteiger partial charge in [-0.15, -0.1) is 0 Å². The third kappa shape index (κ3) is 4.84. The number of hydrogen-bond acceptors (Lipinski definition) is 6. The SMILES string of the molecule is COCCCNC(=O)N1CCC2(CC1)CC(Cc1noc(C3CC3)n1)CCO2. The van der Waals surface area contributed by atoms with Crippen molar-refractivity contribution in [3.8, 4) is 0 Å². The van der Waals surface area contributed by atoms with E-state index in [1.165, 1.54) is 12.8 Å². The molecule has 28 heavy (non-hydrogen) atoms. The number of aromatic nitrogens is 2. The molecule has 4 rings (SSSR count). The van der Waals surface area contributed by atoms with Crippen LogP contribution >= 0.6 is 0 Å². The summed E-state index contributed by atoms with van der Waals surface area (Å²) in [5.41, 5.74) is -0.0984. The Morgan fingerprint density at radius 2 is 2.14 bits per heavy atom. The lowest BCUT2D eigenvalue weighted by molar-refractivity contribution is -0.123. The zero-order valence-corrected chi connectivity index (χ0v) is 16.8. The van der Waals surface area contributed by atoms with E-state index < -0.39 is 0 Å². The number of piperidine rings is 1. The van der Waals surface area contributed by atoms with E-state index in [9.17, 15) is 4.79 Å². The second-order valence-corrected chi connectivity index (χ2v) is 8.48. The van der Waals surface area contributed by atoms with E-state index in [0.29, 0.717) is 25.0 Å². The highest BCUT2D eigenvalue weighted by atomic mass is 16.5. The molecule has 1 saturated carbocycles. The number of urea groups is 1. The molecule has 2 aliphatic heterocycles. The Kier molecular flexibility index (Phi) is 6.16. The third-order valence-electron chi connectivity index (χ3n) is 6.24. The van der Waals surface area contributed by atoms with E-state index in [0.717, 1.165) is 69.9 Å². The van der Waals surface area contributed by atoms with Crippen LogP contribution in [0.1, 0.15) is 62.6 Å². The summed E-state index contributed by atoms with van der Waals surface area (Å²) in [6.07, 6.45) is 7.91. The van der Waals surface area contributed by atoms with Crippen LogP contribution < -0.4 is 5.32 Å². The van der Waals surface area contributed by atoms with Crippen LogP contribution in [0, 0.1) is 5.92 Å². The normalized spacial score (nSPS) is 24.5. The van der Waals surface area contributed by atoms with E-state index in [2.05, 4.69) is 15.5 Å². The molecule has 3 fully saturated rings. The van der Waals surface area contributed by atoms with Gasteiger partial charge in [0.05, 0.1) is 5.60 Å². The number of likely N-dealkylation sites (tertiary alicyclic amines) is 1. The Balaban J connectivity index is 1.24. The van der Waals surface area contributed by atoms with E-state index in [-0.39, 0.29) is 11.6 Å². The fourth-order valence-electron chi connectivity index (χ4n) is 4.40. The van der Waals surface area contributed by atoms with Crippen LogP contribution in [-0.4, -0.2) is 66.6 Å². The number of methoxy groups -OCH3 is 1. The predicted molar refractivity (Wildman–Crippen MR) is 102 cm³/mol. The first-order valence-corrected chi connectivity index (χ1v) is 10.7. The lowest BCUT2D eigenvalue weighted by Crippen LogP contribution is -2.53. The van der Waals surface area contributed by atoms with Crippen molar-refractivity contribution in [2.24, 2.45) is 5.92 Å². The molecule has 0 bridgehead atoms. The van der Waals surface area contributed by atoms with Crippen molar-refractivity contribution in [1.82, 2.24) is 20.4 Å². The van der Waals surface area contributed by atoms with Crippen LogP contribution in [0.2, 0.25) is 0 Å². The van der Waals surface area contributed by atoms with E-state index >= 15 is 0 Å². The minimum absolute atomic E-state index is 0.0257. The molecule has 3 aliphatic rings. The van der Waals surface area contributed by atoms with Crippen LogP contribution in [0.15, 0.2) is 4.52 Å². The van der Waals surface area contributed by atoms with Crippen molar-refractivity contribution < 1.29 is 18.8 Å². The molecule has 1 N–H and O–H groups in total. The van der Waals surface area contributed by atoms with Gasteiger partial charge in [-0.2, -0.15) is 4.98 Å². The molecule has 0 aromatic carbocycles. The van der Waals surface area contributed by atoms with Gasteiger partial charge in [0.15, 0.2) is 5.82 Å². The number of hydrogen-bond donors (Lipinski definition) is 1. The van der Waals surface area contributed by atoms with E-state index in [1.807, 2.05) is 4.90 Å². The first kappa shape index (κ1) is 19.6. The Bertz CT molecular complexity index is 652. The second kappa shape index (κ2) is 8.78. The molecule has 1 aromatic rings. The number of carbonyl (C=O) groups is 1. The average molecular weight is 393 g/mol. The number of carbonyl (C=O) groups excluding carboxylic acids is 1. The van der Waals surface area contributed by atoms with Gasteiger partial charge in [0.25, 0.3) is 0 Å². The standard InChI is InChI=1S/C20H32N4O4/c1-26-11-2-8-21-19(25)24-9-6-20(7-10-24)14-15(5-12-27-20)13-17-22-18(28-23-17)16-3-4-16/h15-16H,2-14H2,1H3,(H,21,25). The molecular formula is C20H32N4O4. The molecule has 1 atom stereocenters. The summed E-state index contributed by atoms with van der Waals surface area (Å²) in [6, 6.07) is 0.0257. The summed E-state index contributed by atoms with van der Waals surface area (Å²) in [6.45, 7) is 3.59. The summed E-state index contributed by atoms with van der Waals surface area (Å²) in [5, 5.41) is 7.16. The van der Waals surface area contributed by atoms with Gasteiger partial charge in [0, 0.05) is 52.3 Å². The highest BCUT2D eigenvalue weighted by Gasteiger charge is 2.41. The number of ether oxygens (including phenoxy) is 2.